The van der Waals surface area contributed by atoms with Crippen molar-refractivity contribution in [1.29, 1.82) is 0 Å². The van der Waals surface area contributed by atoms with E-state index in [9.17, 15) is 80.6 Å². The molecule has 28 heteroatoms. The molecule has 4 N–H and O–H groups in total. The zero-order valence-corrected chi connectivity index (χ0v) is 31.7. The molecule has 330 valence electrons. The molecule has 4 rings (SSSR count). The number of anilines is 2. The highest BCUT2D eigenvalue weighted by molar-refractivity contribution is 6.38. The summed E-state index contributed by atoms with van der Waals surface area (Å²) in [6.45, 7) is 0. The standard InChI is InChI=1S/C17H8Cl2F8N2O3.C16H8Cl2F6N2O3/c18-6-5-11(32-17(26,27)14(22)16(23,24)25)7(19)4-10(6)28-15(31)29-13(30)12-8(20)2-1-3-9(12)21;17-7-4-6(5-8(18)12(7)29-16(23,24)14(21)22)25-15(28)26-13(27)11-9(19)2-1-3-10(11)20/h1-5,14H,(H2,28,29,30,31);1-5,14H,(H2,25,26,27,28). The summed E-state index contributed by atoms with van der Waals surface area (Å²) in [7, 11) is 0. The number of carbonyl (C=O) groups excluding carboxylic acids is 4. The Morgan fingerprint density at radius 3 is 1.39 bits per heavy atom. The summed E-state index contributed by atoms with van der Waals surface area (Å²) in [5.41, 5.74) is -2.84. The lowest BCUT2D eigenvalue weighted by Gasteiger charge is -2.24. The molecule has 1 atom stereocenters. The molecule has 0 aliphatic rings. The van der Waals surface area contributed by atoms with Gasteiger partial charge in [-0.25, -0.2) is 31.5 Å². The highest BCUT2D eigenvalue weighted by atomic mass is 35.5. The Bertz CT molecular complexity index is 2260. The lowest BCUT2D eigenvalue weighted by molar-refractivity contribution is -0.304. The summed E-state index contributed by atoms with van der Waals surface area (Å²) in [6, 6.07) is 5.07. The minimum Gasteiger partial charge on any atom is -0.428 e. The Morgan fingerprint density at radius 2 is 0.984 bits per heavy atom. The molecule has 0 saturated heterocycles. The fourth-order valence-corrected chi connectivity index (χ4v) is 5.05. The smallest absolute Gasteiger partial charge is 0.428 e. The van der Waals surface area contributed by atoms with Crippen molar-refractivity contribution < 1.29 is 90.1 Å². The average Bonchev–Trinajstić information content (AvgIpc) is 3.11. The number of carbonyl (C=O) groups is 4. The number of benzene rings is 4. The van der Waals surface area contributed by atoms with E-state index in [4.69, 9.17) is 46.4 Å². The first-order valence-corrected chi connectivity index (χ1v) is 16.8. The van der Waals surface area contributed by atoms with Crippen LogP contribution in [0, 0.1) is 23.3 Å². The van der Waals surface area contributed by atoms with Crippen LogP contribution in [-0.4, -0.2) is 54.9 Å². The summed E-state index contributed by atoms with van der Waals surface area (Å²) in [4.78, 5) is 47.4. The Morgan fingerprint density at radius 1 is 0.557 bits per heavy atom. The summed E-state index contributed by atoms with van der Waals surface area (Å²) in [5, 5.41) is 4.29. The zero-order valence-electron chi connectivity index (χ0n) is 28.7. The van der Waals surface area contributed by atoms with Gasteiger partial charge in [-0.1, -0.05) is 58.5 Å². The van der Waals surface area contributed by atoms with Crippen LogP contribution in [0.4, 0.5) is 82.4 Å². The maximum atomic E-state index is 13.6. The van der Waals surface area contributed by atoms with E-state index in [1.807, 2.05) is 10.6 Å². The van der Waals surface area contributed by atoms with Crippen molar-refractivity contribution in [3.63, 3.8) is 0 Å². The number of rotatable bonds is 10. The molecule has 6 amide bonds. The topological polar surface area (TPSA) is 135 Å². The van der Waals surface area contributed by atoms with Crippen molar-refractivity contribution >= 4 is 81.7 Å². The molecule has 0 aromatic heterocycles. The van der Waals surface area contributed by atoms with Crippen molar-refractivity contribution in [3.8, 4) is 11.5 Å². The molecule has 0 radical (unpaired) electrons. The van der Waals surface area contributed by atoms with Crippen LogP contribution in [0.15, 0.2) is 60.7 Å². The molecule has 4 aromatic carbocycles. The molecular formula is C33H16Cl4F14N4O6. The van der Waals surface area contributed by atoms with Gasteiger partial charge in [0, 0.05) is 11.8 Å². The van der Waals surface area contributed by atoms with Gasteiger partial charge < -0.3 is 20.1 Å². The first-order valence-electron chi connectivity index (χ1n) is 15.3. The molecule has 0 bridgehead atoms. The third-order valence-electron chi connectivity index (χ3n) is 6.68. The Balaban J connectivity index is 0.000000327. The molecule has 10 nitrogen and oxygen atoms in total. The Hall–Kier alpha value is -5.46. The Labute approximate surface area is 349 Å². The van der Waals surface area contributed by atoms with Crippen LogP contribution in [0.1, 0.15) is 20.7 Å². The number of nitrogens with one attached hydrogen (secondary N) is 4. The number of ether oxygens (including phenoxy) is 2. The highest BCUT2D eigenvalue weighted by Crippen LogP contribution is 2.42. The number of halogens is 18. The van der Waals surface area contributed by atoms with E-state index in [2.05, 4.69) is 9.47 Å². The number of hydrogen-bond donors (Lipinski definition) is 4. The molecule has 0 aliphatic heterocycles. The minimum atomic E-state index is -5.94. The molecule has 0 aliphatic carbocycles. The normalized spacial score (nSPS) is 12.1. The lowest BCUT2D eigenvalue weighted by atomic mass is 10.2. The number of imide groups is 2. The third kappa shape index (κ3) is 13.3. The van der Waals surface area contributed by atoms with Gasteiger partial charge >= 0.3 is 36.9 Å². The third-order valence-corrected chi connectivity index (χ3v) is 7.85. The molecule has 4 aromatic rings. The summed E-state index contributed by atoms with van der Waals surface area (Å²) in [5.74, 6) is -10.0. The predicted octanol–water partition coefficient (Wildman–Crippen LogP) is 11.6. The van der Waals surface area contributed by atoms with Gasteiger partial charge in [0.05, 0.1) is 25.8 Å². The van der Waals surface area contributed by atoms with Crippen LogP contribution < -0.4 is 30.7 Å². The Kier molecular flexibility index (Phi) is 16.3. The molecule has 61 heavy (non-hydrogen) atoms. The molecule has 1 unspecified atom stereocenters. The van der Waals surface area contributed by atoms with Gasteiger partial charge in [-0.3, -0.25) is 20.2 Å². The molecule has 0 fully saturated rings. The molecule has 0 saturated carbocycles. The number of amides is 6. The van der Waals surface area contributed by atoms with E-state index >= 15 is 0 Å². The van der Waals surface area contributed by atoms with Crippen LogP contribution in [0.2, 0.25) is 20.1 Å². The van der Waals surface area contributed by atoms with Crippen molar-refractivity contribution in [2.45, 2.75) is 31.0 Å². The number of alkyl halides is 10. The van der Waals surface area contributed by atoms with Gasteiger partial charge in [0.25, 0.3) is 18.0 Å². The number of hydrogen-bond acceptors (Lipinski definition) is 6. The van der Waals surface area contributed by atoms with Crippen LogP contribution >= 0.6 is 46.4 Å². The van der Waals surface area contributed by atoms with Crippen LogP contribution in [0.5, 0.6) is 11.5 Å². The van der Waals surface area contributed by atoms with E-state index in [0.717, 1.165) is 48.5 Å². The zero-order chi connectivity index (χ0) is 46.4. The van der Waals surface area contributed by atoms with Crippen molar-refractivity contribution in [2.24, 2.45) is 0 Å². The quantitative estimate of drug-likeness (QED) is 0.117. The largest absolute Gasteiger partial charge is 0.461 e. The van der Waals surface area contributed by atoms with E-state index in [0.29, 0.717) is 12.1 Å². The maximum absolute atomic E-state index is 13.6. The SMILES string of the molecule is O=C(NC(=O)c1c(F)cccc1F)Nc1cc(Cl)c(OC(F)(F)C(F)C(F)(F)F)cc1Cl.O=C(NC(=O)c1c(F)cccc1F)Nc1cc(Cl)c(OC(F)(F)C(F)F)c(Cl)c1. The van der Waals surface area contributed by atoms with Crippen molar-refractivity contribution in [2.75, 3.05) is 10.6 Å². The second-order valence-electron chi connectivity index (χ2n) is 11.1. The van der Waals surface area contributed by atoms with E-state index in [1.54, 1.807) is 10.6 Å². The predicted molar refractivity (Wildman–Crippen MR) is 187 cm³/mol. The van der Waals surface area contributed by atoms with Crippen LogP contribution in [-0.2, 0) is 0 Å². The summed E-state index contributed by atoms with van der Waals surface area (Å²) in [6.07, 6.45) is -25.0. The fourth-order valence-electron chi connectivity index (χ4n) is 4.08. The van der Waals surface area contributed by atoms with Gasteiger partial charge in [0.2, 0.25) is 0 Å². The first-order chi connectivity index (χ1) is 28.0. The van der Waals surface area contributed by atoms with Gasteiger partial charge in [-0.15, -0.1) is 0 Å². The van der Waals surface area contributed by atoms with Crippen LogP contribution in [0.25, 0.3) is 0 Å². The van der Waals surface area contributed by atoms with Crippen molar-refractivity contribution in [3.05, 3.63) is 115 Å². The maximum Gasteiger partial charge on any atom is 0.461 e. The minimum absolute atomic E-state index is 0.271. The van der Waals surface area contributed by atoms with Gasteiger partial charge in [0.1, 0.15) is 40.1 Å². The summed E-state index contributed by atoms with van der Waals surface area (Å²) < 4.78 is 188. The van der Waals surface area contributed by atoms with E-state index in [1.165, 1.54) is 0 Å². The lowest BCUT2D eigenvalue weighted by Crippen LogP contribution is -2.45. The van der Waals surface area contributed by atoms with Gasteiger partial charge in [-0.05, 0) is 42.5 Å². The second kappa shape index (κ2) is 19.9. The first kappa shape index (κ1) is 49.9. The average molecular weight is 972 g/mol. The van der Waals surface area contributed by atoms with Crippen molar-refractivity contribution in [1.82, 2.24) is 10.6 Å². The monoisotopic (exact) mass is 970 g/mol. The van der Waals surface area contributed by atoms with Crippen LogP contribution in [0.3, 0.4) is 0 Å². The van der Waals surface area contributed by atoms with E-state index < -0.39 is 127 Å². The molecular weight excluding hydrogens is 956 g/mol. The van der Waals surface area contributed by atoms with Gasteiger partial charge in [-0.2, -0.15) is 39.5 Å². The second-order valence-corrected chi connectivity index (χ2v) is 12.7. The highest BCUT2D eigenvalue weighted by Gasteiger charge is 2.59. The number of urea groups is 2. The summed E-state index contributed by atoms with van der Waals surface area (Å²) >= 11 is 22.6. The molecule has 0 heterocycles. The fraction of sp³-hybridized carbons (Fsp3) is 0.152. The van der Waals surface area contributed by atoms with E-state index in [-0.39, 0.29) is 5.69 Å². The van der Waals surface area contributed by atoms with Gasteiger partial charge in [0.15, 0.2) is 5.75 Å². The molecule has 0 spiro atoms.